The van der Waals surface area contributed by atoms with Gasteiger partial charge in [0.25, 0.3) is 0 Å². The predicted octanol–water partition coefficient (Wildman–Crippen LogP) is 5.15. The second-order valence-electron chi connectivity index (χ2n) is 5.14. The van der Waals surface area contributed by atoms with Crippen molar-refractivity contribution >= 4 is 6.21 Å². The van der Waals surface area contributed by atoms with Gasteiger partial charge in [0.1, 0.15) is 5.69 Å². The molecule has 0 fully saturated rings. The molecule has 1 N–H and O–H groups in total. The molecule has 0 radical (unpaired) electrons. The number of aromatic nitrogens is 1. The fraction of sp³-hybridized carbons (Fsp3) is 0.158. The Morgan fingerprint density at radius 3 is 2.14 bits per heavy atom. The van der Waals surface area contributed by atoms with Crippen LogP contribution in [-0.4, -0.2) is 11.2 Å². The lowest BCUT2D eigenvalue weighted by Crippen LogP contribution is -1.97. The summed E-state index contributed by atoms with van der Waals surface area (Å²) in [5.41, 5.74) is 2.86. The Morgan fingerprint density at radius 2 is 1.59 bits per heavy atom. The third-order valence-electron chi connectivity index (χ3n) is 3.69. The molecule has 3 aromatic rings. The van der Waals surface area contributed by atoms with Gasteiger partial charge in [-0.15, -0.1) is 0 Å². The SMILES string of the molecule is CC[C@H](C=N)c1nc(-c2ccccc2)c(-c2ccccc2)o1. The molecule has 0 bridgehead atoms. The second-order valence-corrected chi connectivity index (χ2v) is 5.14. The third kappa shape index (κ3) is 2.70. The van der Waals surface area contributed by atoms with Crippen molar-refractivity contribution in [2.24, 2.45) is 0 Å². The predicted molar refractivity (Wildman–Crippen MR) is 89.2 cm³/mol. The molecule has 3 nitrogen and oxygen atoms in total. The Morgan fingerprint density at radius 1 is 1.00 bits per heavy atom. The van der Waals surface area contributed by atoms with Crippen molar-refractivity contribution in [1.82, 2.24) is 4.98 Å². The molecule has 1 heterocycles. The standard InChI is InChI=1S/C19H18N2O/c1-2-14(13-20)19-21-17(15-9-5-3-6-10-15)18(22-19)16-11-7-4-8-12-16/h3-14,20H,2H2,1H3/t14-/m1/s1. The maximum atomic E-state index is 7.56. The van der Waals surface area contributed by atoms with Crippen molar-refractivity contribution in [3.8, 4) is 22.6 Å². The molecule has 110 valence electrons. The summed E-state index contributed by atoms with van der Waals surface area (Å²) in [7, 11) is 0. The van der Waals surface area contributed by atoms with Gasteiger partial charge in [0.05, 0.1) is 5.92 Å². The van der Waals surface area contributed by atoms with E-state index in [1.807, 2.05) is 67.6 Å². The van der Waals surface area contributed by atoms with Crippen LogP contribution in [0.4, 0.5) is 0 Å². The van der Waals surface area contributed by atoms with E-state index < -0.39 is 0 Å². The summed E-state index contributed by atoms with van der Waals surface area (Å²) in [5.74, 6) is 1.29. The van der Waals surface area contributed by atoms with Gasteiger partial charge in [-0.1, -0.05) is 67.6 Å². The van der Waals surface area contributed by atoms with E-state index in [4.69, 9.17) is 9.83 Å². The molecule has 0 amide bonds. The van der Waals surface area contributed by atoms with Crippen molar-refractivity contribution in [3.05, 3.63) is 66.6 Å². The lowest BCUT2D eigenvalue weighted by atomic mass is 10.1. The summed E-state index contributed by atoms with van der Waals surface area (Å²) >= 11 is 0. The Kier molecular flexibility index (Phi) is 4.15. The van der Waals surface area contributed by atoms with Gasteiger partial charge in [-0.3, -0.25) is 0 Å². The zero-order valence-electron chi connectivity index (χ0n) is 12.5. The zero-order chi connectivity index (χ0) is 15.4. The van der Waals surface area contributed by atoms with E-state index >= 15 is 0 Å². The topological polar surface area (TPSA) is 49.9 Å². The minimum atomic E-state index is -0.0834. The smallest absolute Gasteiger partial charge is 0.204 e. The van der Waals surface area contributed by atoms with E-state index in [0.717, 1.165) is 29.0 Å². The van der Waals surface area contributed by atoms with Crippen LogP contribution in [0.2, 0.25) is 0 Å². The molecule has 0 spiro atoms. The number of oxazole rings is 1. The van der Waals surface area contributed by atoms with Crippen LogP contribution in [0.3, 0.4) is 0 Å². The Balaban J connectivity index is 2.16. The van der Waals surface area contributed by atoms with E-state index in [1.54, 1.807) is 0 Å². The summed E-state index contributed by atoms with van der Waals surface area (Å²) in [4.78, 5) is 4.68. The highest BCUT2D eigenvalue weighted by Gasteiger charge is 2.20. The summed E-state index contributed by atoms with van der Waals surface area (Å²) in [5, 5.41) is 7.56. The van der Waals surface area contributed by atoms with Gasteiger partial charge in [0, 0.05) is 17.3 Å². The number of benzene rings is 2. The van der Waals surface area contributed by atoms with Gasteiger partial charge >= 0.3 is 0 Å². The summed E-state index contributed by atoms with van der Waals surface area (Å²) < 4.78 is 6.04. The average Bonchev–Trinajstić information content (AvgIpc) is 3.03. The molecule has 0 saturated carbocycles. The second kappa shape index (κ2) is 6.39. The molecule has 0 aliphatic heterocycles. The highest BCUT2D eigenvalue weighted by molar-refractivity contribution is 5.77. The largest absolute Gasteiger partial charge is 0.439 e. The van der Waals surface area contributed by atoms with Crippen molar-refractivity contribution in [3.63, 3.8) is 0 Å². The molecule has 0 aliphatic carbocycles. The number of nitrogens with zero attached hydrogens (tertiary/aromatic N) is 1. The van der Waals surface area contributed by atoms with Crippen LogP contribution in [0, 0.1) is 5.41 Å². The first-order valence-corrected chi connectivity index (χ1v) is 7.45. The first-order valence-electron chi connectivity index (χ1n) is 7.45. The lowest BCUT2D eigenvalue weighted by molar-refractivity contribution is 0.491. The van der Waals surface area contributed by atoms with Gasteiger partial charge < -0.3 is 9.83 Å². The molecule has 3 rings (SSSR count). The average molecular weight is 290 g/mol. The monoisotopic (exact) mass is 290 g/mol. The Labute approximate surface area is 130 Å². The van der Waals surface area contributed by atoms with Crippen LogP contribution in [0.5, 0.6) is 0 Å². The van der Waals surface area contributed by atoms with Crippen LogP contribution >= 0.6 is 0 Å². The van der Waals surface area contributed by atoms with Crippen molar-refractivity contribution < 1.29 is 4.42 Å². The van der Waals surface area contributed by atoms with E-state index in [2.05, 4.69) is 4.98 Å². The molecule has 0 unspecified atom stereocenters. The van der Waals surface area contributed by atoms with Crippen molar-refractivity contribution in [1.29, 1.82) is 5.41 Å². The summed E-state index contributed by atoms with van der Waals surface area (Å²) in [6, 6.07) is 20.0. The fourth-order valence-corrected chi connectivity index (χ4v) is 2.44. The van der Waals surface area contributed by atoms with E-state index in [1.165, 1.54) is 6.21 Å². The maximum Gasteiger partial charge on any atom is 0.204 e. The molecule has 3 heteroatoms. The number of rotatable bonds is 5. The minimum Gasteiger partial charge on any atom is -0.439 e. The first-order chi connectivity index (χ1) is 10.8. The molecule has 22 heavy (non-hydrogen) atoms. The zero-order valence-corrected chi connectivity index (χ0v) is 12.5. The number of nitrogens with one attached hydrogen (secondary N) is 1. The maximum absolute atomic E-state index is 7.56. The van der Waals surface area contributed by atoms with Gasteiger partial charge in [0.15, 0.2) is 5.76 Å². The quantitative estimate of drug-likeness (QED) is 0.660. The minimum absolute atomic E-state index is 0.0834. The lowest BCUT2D eigenvalue weighted by Gasteiger charge is -2.02. The van der Waals surface area contributed by atoms with Crippen LogP contribution in [0.1, 0.15) is 25.2 Å². The number of hydrogen-bond donors (Lipinski definition) is 1. The molecular weight excluding hydrogens is 272 g/mol. The van der Waals surface area contributed by atoms with E-state index in [0.29, 0.717) is 5.89 Å². The molecular formula is C19H18N2O. The van der Waals surface area contributed by atoms with Crippen LogP contribution in [0.15, 0.2) is 65.1 Å². The third-order valence-corrected chi connectivity index (χ3v) is 3.69. The fourth-order valence-electron chi connectivity index (χ4n) is 2.44. The Bertz CT molecular complexity index is 691. The highest BCUT2D eigenvalue weighted by Crippen LogP contribution is 2.34. The van der Waals surface area contributed by atoms with Crippen LogP contribution in [-0.2, 0) is 0 Å². The van der Waals surface area contributed by atoms with Gasteiger partial charge in [0.2, 0.25) is 5.89 Å². The Hall–Kier alpha value is -2.68. The molecule has 1 atom stereocenters. The summed E-state index contributed by atoms with van der Waals surface area (Å²) in [6.45, 7) is 2.03. The highest BCUT2D eigenvalue weighted by atomic mass is 16.4. The molecule has 2 aromatic carbocycles. The molecule has 1 aromatic heterocycles. The summed E-state index contributed by atoms with van der Waals surface area (Å²) in [6.07, 6.45) is 2.20. The van der Waals surface area contributed by atoms with Crippen molar-refractivity contribution in [2.45, 2.75) is 19.3 Å². The van der Waals surface area contributed by atoms with Crippen molar-refractivity contribution in [2.75, 3.05) is 0 Å². The van der Waals surface area contributed by atoms with Gasteiger partial charge in [-0.05, 0) is 6.42 Å². The van der Waals surface area contributed by atoms with Crippen LogP contribution in [0.25, 0.3) is 22.6 Å². The van der Waals surface area contributed by atoms with Gasteiger partial charge in [-0.25, -0.2) is 4.98 Å². The van der Waals surface area contributed by atoms with Gasteiger partial charge in [-0.2, -0.15) is 0 Å². The first kappa shape index (κ1) is 14.3. The molecule has 0 saturated heterocycles. The van der Waals surface area contributed by atoms with E-state index in [-0.39, 0.29) is 5.92 Å². The number of hydrogen-bond acceptors (Lipinski definition) is 3. The normalized spacial score (nSPS) is 12.0. The van der Waals surface area contributed by atoms with E-state index in [9.17, 15) is 0 Å². The van der Waals surface area contributed by atoms with Crippen LogP contribution < -0.4 is 0 Å². The molecule has 0 aliphatic rings.